The predicted molar refractivity (Wildman–Crippen MR) is 58.3 cm³/mol. The van der Waals surface area contributed by atoms with Crippen molar-refractivity contribution in [3.63, 3.8) is 0 Å². The smallest absolute Gasteiger partial charge is 0.195 e. The number of nitrogens with two attached hydrogens (primary N) is 1. The van der Waals surface area contributed by atoms with Crippen LogP contribution in [-0.2, 0) is 15.3 Å². The highest BCUT2D eigenvalue weighted by molar-refractivity contribution is 5.21. The second-order valence-corrected chi connectivity index (χ2v) is 3.85. The molecule has 2 rings (SSSR count). The number of benzene rings is 1. The minimum absolute atomic E-state index is 0.254. The molecule has 0 bridgehead atoms. The van der Waals surface area contributed by atoms with Gasteiger partial charge in [-0.15, -0.1) is 0 Å². The quantitative estimate of drug-likeness (QED) is 0.849. The molecular formula is C12H16FNO2. The molecule has 1 aliphatic heterocycles. The molecule has 1 fully saturated rings. The van der Waals surface area contributed by atoms with E-state index in [4.69, 9.17) is 15.2 Å². The SMILES string of the molecule is NCCCC1(c2ccc(F)cc2)OCCO1. The molecule has 0 saturated carbocycles. The van der Waals surface area contributed by atoms with Crippen molar-refractivity contribution in [1.29, 1.82) is 0 Å². The summed E-state index contributed by atoms with van der Waals surface area (Å²) in [6, 6.07) is 6.25. The van der Waals surface area contributed by atoms with E-state index in [-0.39, 0.29) is 5.82 Å². The second-order valence-electron chi connectivity index (χ2n) is 3.85. The van der Waals surface area contributed by atoms with Gasteiger partial charge in [0, 0.05) is 12.0 Å². The highest BCUT2D eigenvalue weighted by atomic mass is 19.1. The van der Waals surface area contributed by atoms with Crippen molar-refractivity contribution in [3.05, 3.63) is 35.6 Å². The summed E-state index contributed by atoms with van der Waals surface area (Å²) in [6.45, 7) is 1.74. The van der Waals surface area contributed by atoms with Crippen LogP contribution in [0.25, 0.3) is 0 Å². The molecule has 3 nitrogen and oxygen atoms in total. The largest absolute Gasteiger partial charge is 0.343 e. The first-order valence-electron chi connectivity index (χ1n) is 5.51. The van der Waals surface area contributed by atoms with Crippen LogP contribution in [-0.4, -0.2) is 19.8 Å². The highest BCUT2D eigenvalue weighted by Crippen LogP contribution is 2.35. The van der Waals surface area contributed by atoms with Crippen LogP contribution in [0.2, 0.25) is 0 Å². The van der Waals surface area contributed by atoms with Gasteiger partial charge in [0.25, 0.3) is 0 Å². The topological polar surface area (TPSA) is 44.5 Å². The Morgan fingerprint density at radius 2 is 1.81 bits per heavy atom. The lowest BCUT2D eigenvalue weighted by Gasteiger charge is -2.27. The fourth-order valence-electron chi connectivity index (χ4n) is 1.95. The molecule has 1 saturated heterocycles. The molecule has 88 valence electrons. The molecule has 0 spiro atoms. The molecule has 0 aromatic heterocycles. The minimum Gasteiger partial charge on any atom is -0.343 e. The molecule has 1 aromatic rings. The maximum Gasteiger partial charge on any atom is 0.195 e. The van der Waals surface area contributed by atoms with Crippen LogP contribution in [0, 0.1) is 5.82 Å². The third kappa shape index (κ3) is 2.24. The fraction of sp³-hybridized carbons (Fsp3) is 0.500. The summed E-state index contributed by atoms with van der Waals surface area (Å²) in [6.07, 6.45) is 1.52. The van der Waals surface area contributed by atoms with E-state index >= 15 is 0 Å². The molecule has 1 aromatic carbocycles. The Labute approximate surface area is 94.3 Å². The zero-order valence-corrected chi connectivity index (χ0v) is 9.12. The van der Waals surface area contributed by atoms with Crippen molar-refractivity contribution < 1.29 is 13.9 Å². The molecule has 1 aliphatic rings. The fourth-order valence-corrected chi connectivity index (χ4v) is 1.95. The van der Waals surface area contributed by atoms with Gasteiger partial charge in [-0.1, -0.05) is 12.1 Å². The lowest BCUT2D eigenvalue weighted by molar-refractivity contribution is -0.171. The third-order valence-electron chi connectivity index (χ3n) is 2.75. The second kappa shape index (κ2) is 4.91. The predicted octanol–water partition coefficient (Wildman–Crippen LogP) is 1.76. The van der Waals surface area contributed by atoms with Gasteiger partial charge in [-0.25, -0.2) is 4.39 Å². The molecule has 4 heteroatoms. The van der Waals surface area contributed by atoms with E-state index in [0.717, 1.165) is 12.0 Å². The van der Waals surface area contributed by atoms with Crippen molar-refractivity contribution >= 4 is 0 Å². The molecule has 2 N–H and O–H groups in total. The van der Waals surface area contributed by atoms with Crippen LogP contribution >= 0.6 is 0 Å². The molecule has 16 heavy (non-hydrogen) atoms. The average molecular weight is 225 g/mol. The zero-order chi connectivity index (χ0) is 11.4. The number of hydrogen-bond donors (Lipinski definition) is 1. The maximum absolute atomic E-state index is 12.8. The number of halogens is 1. The Bertz CT molecular complexity index is 333. The molecule has 1 heterocycles. The van der Waals surface area contributed by atoms with Crippen LogP contribution in [0.5, 0.6) is 0 Å². The van der Waals surface area contributed by atoms with Crippen LogP contribution in [0.3, 0.4) is 0 Å². The summed E-state index contributed by atoms with van der Waals surface area (Å²) in [5.41, 5.74) is 6.36. The van der Waals surface area contributed by atoms with Crippen molar-refractivity contribution in [2.45, 2.75) is 18.6 Å². The highest BCUT2D eigenvalue weighted by Gasteiger charge is 2.37. The number of hydrogen-bond acceptors (Lipinski definition) is 3. The van der Waals surface area contributed by atoms with E-state index in [2.05, 4.69) is 0 Å². The first-order chi connectivity index (χ1) is 7.77. The van der Waals surface area contributed by atoms with Gasteiger partial charge in [-0.3, -0.25) is 0 Å². The van der Waals surface area contributed by atoms with Crippen LogP contribution in [0.15, 0.2) is 24.3 Å². The summed E-state index contributed by atoms with van der Waals surface area (Å²) >= 11 is 0. The molecular weight excluding hydrogens is 209 g/mol. The van der Waals surface area contributed by atoms with Crippen molar-refractivity contribution in [1.82, 2.24) is 0 Å². The van der Waals surface area contributed by atoms with E-state index in [1.807, 2.05) is 0 Å². The average Bonchev–Trinajstić information content (AvgIpc) is 2.77. The Hall–Kier alpha value is -0.970. The van der Waals surface area contributed by atoms with Gasteiger partial charge in [0.15, 0.2) is 5.79 Å². The standard InChI is InChI=1S/C12H16FNO2/c13-11-4-2-10(3-5-11)12(6-1-7-14)15-8-9-16-12/h2-5H,1,6-9,14H2. The van der Waals surface area contributed by atoms with Gasteiger partial charge in [0.05, 0.1) is 13.2 Å². The lowest BCUT2D eigenvalue weighted by atomic mass is 10.0. The summed E-state index contributed by atoms with van der Waals surface area (Å²) in [5.74, 6) is -0.969. The van der Waals surface area contributed by atoms with Crippen LogP contribution < -0.4 is 5.73 Å². The molecule has 0 unspecified atom stereocenters. The minimum atomic E-state index is -0.715. The van der Waals surface area contributed by atoms with Crippen molar-refractivity contribution in [3.8, 4) is 0 Å². The van der Waals surface area contributed by atoms with Gasteiger partial charge >= 0.3 is 0 Å². The Balaban J connectivity index is 2.21. The third-order valence-corrected chi connectivity index (χ3v) is 2.75. The molecule has 0 aliphatic carbocycles. The summed E-state index contributed by atoms with van der Waals surface area (Å²) in [5, 5.41) is 0. The Morgan fingerprint density at radius 3 is 2.38 bits per heavy atom. The van der Waals surface area contributed by atoms with Crippen LogP contribution in [0.4, 0.5) is 4.39 Å². The zero-order valence-electron chi connectivity index (χ0n) is 9.12. The summed E-state index contributed by atoms with van der Waals surface area (Å²) in [4.78, 5) is 0. The molecule has 0 amide bonds. The van der Waals surface area contributed by atoms with E-state index in [1.165, 1.54) is 12.1 Å². The number of ether oxygens (including phenoxy) is 2. The van der Waals surface area contributed by atoms with E-state index < -0.39 is 5.79 Å². The lowest BCUT2D eigenvalue weighted by Crippen LogP contribution is -2.28. The van der Waals surface area contributed by atoms with E-state index in [1.54, 1.807) is 12.1 Å². The summed E-state index contributed by atoms with van der Waals surface area (Å²) < 4.78 is 24.2. The van der Waals surface area contributed by atoms with E-state index in [0.29, 0.717) is 26.2 Å². The monoisotopic (exact) mass is 225 g/mol. The normalized spacial score (nSPS) is 18.9. The first-order valence-corrected chi connectivity index (χ1v) is 5.51. The Morgan fingerprint density at radius 1 is 1.19 bits per heavy atom. The maximum atomic E-state index is 12.8. The molecule has 0 radical (unpaired) electrons. The molecule has 0 atom stereocenters. The Kier molecular flexibility index (Phi) is 3.53. The van der Waals surface area contributed by atoms with Gasteiger partial charge in [-0.2, -0.15) is 0 Å². The van der Waals surface area contributed by atoms with Gasteiger partial charge in [-0.05, 0) is 25.1 Å². The van der Waals surface area contributed by atoms with Crippen molar-refractivity contribution in [2.24, 2.45) is 5.73 Å². The van der Waals surface area contributed by atoms with Gasteiger partial charge in [0.1, 0.15) is 5.82 Å². The van der Waals surface area contributed by atoms with Gasteiger partial charge in [0.2, 0.25) is 0 Å². The summed E-state index contributed by atoms with van der Waals surface area (Å²) in [7, 11) is 0. The van der Waals surface area contributed by atoms with Crippen LogP contribution in [0.1, 0.15) is 18.4 Å². The number of rotatable bonds is 4. The van der Waals surface area contributed by atoms with Gasteiger partial charge < -0.3 is 15.2 Å². The van der Waals surface area contributed by atoms with Crippen molar-refractivity contribution in [2.75, 3.05) is 19.8 Å². The first kappa shape index (κ1) is 11.5. The van der Waals surface area contributed by atoms with E-state index in [9.17, 15) is 4.39 Å².